The molecule has 0 atom stereocenters. The van der Waals surface area contributed by atoms with Crippen LogP contribution in [0.4, 0.5) is 18.9 Å². The van der Waals surface area contributed by atoms with E-state index >= 15 is 0 Å². The van der Waals surface area contributed by atoms with Crippen LogP contribution in [-0.4, -0.2) is 19.2 Å². The topological polar surface area (TPSA) is 38.3 Å². The molecule has 0 saturated heterocycles. The standard InChI is InChI=1S/C9H8F3NO2/c10-9(11,12)15-8-3-1-7(2-4-8)13-5-6-14/h1-4,6,13H,5H2. The summed E-state index contributed by atoms with van der Waals surface area (Å²) >= 11 is 0. The highest BCUT2D eigenvalue weighted by Crippen LogP contribution is 2.23. The second-order valence-electron chi connectivity index (χ2n) is 2.62. The number of nitrogens with one attached hydrogen (secondary N) is 1. The Hall–Kier alpha value is -1.72. The molecule has 0 aliphatic rings. The first kappa shape index (κ1) is 11.4. The molecule has 1 aromatic carbocycles. The number of rotatable bonds is 4. The molecule has 0 bridgehead atoms. The molecule has 0 spiro atoms. The molecule has 1 aromatic rings. The molecule has 82 valence electrons. The normalized spacial score (nSPS) is 10.9. The van der Waals surface area contributed by atoms with Gasteiger partial charge in [0, 0.05) is 5.69 Å². The van der Waals surface area contributed by atoms with Crippen LogP contribution in [-0.2, 0) is 4.79 Å². The highest BCUT2D eigenvalue weighted by Gasteiger charge is 2.30. The predicted molar refractivity (Wildman–Crippen MR) is 47.7 cm³/mol. The van der Waals surface area contributed by atoms with Crippen molar-refractivity contribution in [3.8, 4) is 5.75 Å². The smallest absolute Gasteiger partial charge is 0.406 e. The third kappa shape index (κ3) is 4.35. The zero-order valence-electron chi connectivity index (χ0n) is 7.54. The number of anilines is 1. The largest absolute Gasteiger partial charge is 0.573 e. The van der Waals surface area contributed by atoms with Crippen LogP contribution in [0.5, 0.6) is 5.75 Å². The van der Waals surface area contributed by atoms with Gasteiger partial charge in [-0.15, -0.1) is 13.2 Å². The van der Waals surface area contributed by atoms with Gasteiger partial charge < -0.3 is 14.8 Å². The number of ether oxygens (including phenoxy) is 1. The highest BCUT2D eigenvalue weighted by molar-refractivity contribution is 5.59. The Morgan fingerprint density at radius 1 is 1.27 bits per heavy atom. The number of carbonyl (C=O) groups excluding carboxylic acids is 1. The van der Waals surface area contributed by atoms with Gasteiger partial charge in [0.1, 0.15) is 12.0 Å². The van der Waals surface area contributed by atoms with Crippen LogP contribution in [0.3, 0.4) is 0 Å². The first-order valence-electron chi connectivity index (χ1n) is 4.04. The lowest BCUT2D eigenvalue weighted by Gasteiger charge is -2.09. The van der Waals surface area contributed by atoms with Crippen LogP contribution < -0.4 is 10.1 Å². The number of halogens is 3. The molecule has 0 amide bonds. The van der Waals surface area contributed by atoms with Crippen molar-refractivity contribution in [3.63, 3.8) is 0 Å². The van der Waals surface area contributed by atoms with Crippen molar-refractivity contribution in [1.29, 1.82) is 0 Å². The summed E-state index contributed by atoms with van der Waals surface area (Å²) in [4.78, 5) is 10.00. The second-order valence-corrected chi connectivity index (χ2v) is 2.62. The van der Waals surface area contributed by atoms with E-state index in [9.17, 15) is 18.0 Å². The van der Waals surface area contributed by atoms with Gasteiger partial charge in [-0.05, 0) is 24.3 Å². The molecule has 0 unspecified atom stereocenters. The molecule has 0 radical (unpaired) electrons. The lowest BCUT2D eigenvalue weighted by atomic mass is 10.3. The first-order valence-corrected chi connectivity index (χ1v) is 4.04. The summed E-state index contributed by atoms with van der Waals surface area (Å²) in [5.41, 5.74) is 0.552. The van der Waals surface area contributed by atoms with E-state index in [4.69, 9.17) is 0 Å². The summed E-state index contributed by atoms with van der Waals surface area (Å²) in [6.45, 7) is 0.111. The van der Waals surface area contributed by atoms with E-state index in [2.05, 4.69) is 10.1 Å². The lowest BCUT2D eigenvalue weighted by Crippen LogP contribution is -2.17. The van der Waals surface area contributed by atoms with Crippen LogP contribution in [0.2, 0.25) is 0 Å². The maximum Gasteiger partial charge on any atom is 0.573 e. The zero-order valence-corrected chi connectivity index (χ0v) is 7.54. The van der Waals surface area contributed by atoms with Crippen LogP contribution in [0, 0.1) is 0 Å². The molecule has 0 aromatic heterocycles. The number of benzene rings is 1. The summed E-state index contributed by atoms with van der Waals surface area (Å²) in [5, 5.41) is 2.68. The molecule has 3 nitrogen and oxygen atoms in total. The van der Waals surface area contributed by atoms with Crippen molar-refractivity contribution in [2.24, 2.45) is 0 Å². The van der Waals surface area contributed by atoms with Gasteiger partial charge in [-0.3, -0.25) is 0 Å². The van der Waals surface area contributed by atoms with Crippen LogP contribution >= 0.6 is 0 Å². The average Bonchev–Trinajstić information content (AvgIpc) is 2.14. The summed E-state index contributed by atoms with van der Waals surface area (Å²) < 4.78 is 38.9. The summed E-state index contributed by atoms with van der Waals surface area (Å²) in [6, 6.07) is 5.12. The van der Waals surface area contributed by atoms with Gasteiger partial charge in [0.2, 0.25) is 0 Å². The Morgan fingerprint density at radius 2 is 1.87 bits per heavy atom. The van der Waals surface area contributed by atoms with E-state index in [1.807, 2.05) is 0 Å². The van der Waals surface area contributed by atoms with Crippen molar-refractivity contribution in [1.82, 2.24) is 0 Å². The van der Waals surface area contributed by atoms with Crippen LogP contribution in [0.15, 0.2) is 24.3 Å². The van der Waals surface area contributed by atoms with Gasteiger partial charge in [0.25, 0.3) is 0 Å². The van der Waals surface area contributed by atoms with E-state index < -0.39 is 6.36 Å². The van der Waals surface area contributed by atoms with Gasteiger partial charge in [-0.25, -0.2) is 0 Å². The Morgan fingerprint density at radius 3 is 2.33 bits per heavy atom. The molecule has 0 fully saturated rings. The molecule has 0 saturated carbocycles. The fourth-order valence-electron chi connectivity index (χ4n) is 0.934. The summed E-state index contributed by atoms with van der Waals surface area (Å²) in [7, 11) is 0. The van der Waals surface area contributed by atoms with Gasteiger partial charge >= 0.3 is 6.36 Å². The molecule has 1 rings (SSSR count). The van der Waals surface area contributed by atoms with E-state index in [0.717, 1.165) is 0 Å². The number of alkyl halides is 3. The molecular formula is C9H8F3NO2. The fraction of sp³-hybridized carbons (Fsp3) is 0.222. The average molecular weight is 219 g/mol. The van der Waals surface area contributed by atoms with Gasteiger partial charge in [-0.2, -0.15) is 0 Å². The quantitative estimate of drug-likeness (QED) is 0.789. The summed E-state index contributed by atoms with van der Waals surface area (Å²) in [6.07, 6.45) is -4.03. The van der Waals surface area contributed by atoms with Crippen molar-refractivity contribution in [3.05, 3.63) is 24.3 Å². The monoisotopic (exact) mass is 219 g/mol. The second kappa shape index (κ2) is 4.68. The van der Waals surface area contributed by atoms with Crippen LogP contribution in [0.1, 0.15) is 0 Å². The minimum Gasteiger partial charge on any atom is -0.406 e. The highest BCUT2D eigenvalue weighted by atomic mass is 19.4. The zero-order chi connectivity index (χ0) is 11.3. The Kier molecular flexibility index (Phi) is 3.54. The maximum atomic E-state index is 11.8. The van der Waals surface area contributed by atoms with Gasteiger partial charge in [-0.1, -0.05) is 0 Å². The molecule has 6 heteroatoms. The number of carbonyl (C=O) groups is 1. The minimum atomic E-state index is -4.68. The lowest BCUT2D eigenvalue weighted by molar-refractivity contribution is -0.274. The number of hydrogen-bond acceptors (Lipinski definition) is 3. The Bertz CT molecular complexity index is 321. The number of aldehydes is 1. The Labute approximate surface area is 83.8 Å². The minimum absolute atomic E-state index is 0.111. The molecule has 0 aliphatic heterocycles. The van der Waals surface area contributed by atoms with Crippen molar-refractivity contribution < 1.29 is 22.7 Å². The van der Waals surface area contributed by atoms with Gasteiger partial charge in [0.05, 0.1) is 6.54 Å². The predicted octanol–water partition coefficient (Wildman–Crippen LogP) is 2.20. The van der Waals surface area contributed by atoms with Crippen molar-refractivity contribution >= 4 is 12.0 Å². The van der Waals surface area contributed by atoms with Crippen molar-refractivity contribution in [2.45, 2.75) is 6.36 Å². The molecule has 0 heterocycles. The molecular weight excluding hydrogens is 211 g/mol. The third-order valence-electron chi connectivity index (χ3n) is 1.48. The van der Waals surface area contributed by atoms with E-state index in [0.29, 0.717) is 12.0 Å². The molecule has 15 heavy (non-hydrogen) atoms. The van der Waals surface area contributed by atoms with E-state index in [1.165, 1.54) is 24.3 Å². The van der Waals surface area contributed by atoms with Gasteiger partial charge in [0.15, 0.2) is 0 Å². The third-order valence-corrected chi connectivity index (χ3v) is 1.48. The maximum absolute atomic E-state index is 11.8. The van der Waals surface area contributed by atoms with E-state index in [1.54, 1.807) is 0 Å². The Balaban J connectivity index is 2.60. The SMILES string of the molecule is O=CCNc1ccc(OC(F)(F)F)cc1. The van der Waals surface area contributed by atoms with E-state index in [-0.39, 0.29) is 12.3 Å². The van der Waals surface area contributed by atoms with Crippen molar-refractivity contribution in [2.75, 3.05) is 11.9 Å². The molecule has 0 aliphatic carbocycles. The first-order chi connectivity index (χ1) is 7.01. The molecule has 1 N–H and O–H groups in total. The number of hydrogen-bond donors (Lipinski definition) is 1. The summed E-state index contributed by atoms with van der Waals surface area (Å²) in [5.74, 6) is -0.292. The fourth-order valence-corrected chi connectivity index (χ4v) is 0.934. The van der Waals surface area contributed by atoms with Crippen LogP contribution in [0.25, 0.3) is 0 Å².